The van der Waals surface area contributed by atoms with Gasteiger partial charge in [0.05, 0.1) is 18.8 Å². The highest BCUT2D eigenvalue weighted by atomic mass is 16.5. The van der Waals surface area contributed by atoms with E-state index in [2.05, 4.69) is 13.8 Å². The second kappa shape index (κ2) is 3.37. The maximum atomic E-state index is 8.98. The zero-order chi connectivity index (χ0) is 8.43. The third-order valence-corrected chi connectivity index (χ3v) is 2.24. The molecule has 0 bridgehead atoms. The fraction of sp³-hybridized carbons (Fsp3) is 0.778. The summed E-state index contributed by atoms with van der Waals surface area (Å²) in [6.07, 6.45) is 1.37. The van der Waals surface area contributed by atoms with Crippen molar-refractivity contribution < 1.29 is 9.84 Å². The van der Waals surface area contributed by atoms with Crippen LogP contribution in [0.25, 0.3) is 0 Å². The monoisotopic (exact) mass is 156 g/mol. The van der Waals surface area contributed by atoms with Gasteiger partial charge in [-0.2, -0.15) is 0 Å². The SMILES string of the molecule is CC1=C(CO)[C@@H](C)OC(C)C1. The van der Waals surface area contributed by atoms with Gasteiger partial charge in [0.1, 0.15) is 0 Å². The molecule has 0 aromatic carbocycles. The third kappa shape index (κ3) is 1.82. The van der Waals surface area contributed by atoms with E-state index in [0.717, 1.165) is 12.0 Å². The lowest BCUT2D eigenvalue weighted by Gasteiger charge is -2.28. The van der Waals surface area contributed by atoms with Crippen LogP contribution in [-0.4, -0.2) is 23.9 Å². The normalized spacial score (nSPS) is 32.7. The first-order chi connectivity index (χ1) is 5.15. The van der Waals surface area contributed by atoms with Crippen LogP contribution in [0.5, 0.6) is 0 Å². The number of rotatable bonds is 1. The predicted octanol–water partition coefficient (Wildman–Crippen LogP) is 1.49. The number of aliphatic hydroxyl groups is 1. The minimum Gasteiger partial charge on any atom is -0.392 e. The standard InChI is InChI=1S/C9H16O2/c1-6-4-7(2)11-8(3)9(6)5-10/h7-8,10H,4-5H2,1-3H3/t7?,8-/m1/s1. The summed E-state index contributed by atoms with van der Waals surface area (Å²) in [5.41, 5.74) is 2.35. The van der Waals surface area contributed by atoms with Gasteiger partial charge in [0, 0.05) is 0 Å². The Morgan fingerprint density at radius 1 is 1.55 bits per heavy atom. The van der Waals surface area contributed by atoms with Crippen LogP contribution in [0.2, 0.25) is 0 Å². The van der Waals surface area contributed by atoms with E-state index in [1.54, 1.807) is 0 Å². The van der Waals surface area contributed by atoms with Crippen LogP contribution in [0, 0.1) is 0 Å². The van der Waals surface area contributed by atoms with Gasteiger partial charge in [0.2, 0.25) is 0 Å². The first-order valence-corrected chi connectivity index (χ1v) is 4.10. The number of hydrogen-bond acceptors (Lipinski definition) is 2. The Morgan fingerprint density at radius 2 is 2.18 bits per heavy atom. The molecule has 0 radical (unpaired) electrons. The maximum Gasteiger partial charge on any atom is 0.0785 e. The minimum absolute atomic E-state index is 0.101. The highest BCUT2D eigenvalue weighted by molar-refractivity contribution is 5.19. The van der Waals surface area contributed by atoms with Crippen molar-refractivity contribution in [2.24, 2.45) is 0 Å². The van der Waals surface area contributed by atoms with E-state index in [4.69, 9.17) is 9.84 Å². The van der Waals surface area contributed by atoms with Gasteiger partial charge in [0.15, 0.2) is 0 Å². The molecular formula is C9H16O2. The molecule has 1 N–H and O–H groups in total. The molecule has 0 spiro atoms. The van der Waals surface area contributed by atoms with Crippen LogP contribution in [0.3, 0.4) is 0 Å². The molecule has 0 saturated carbocycles. The molecule has 1 aliphatic heterocycles. The quantitative estimate of drug-likeness (QED) is 0.583. The van der Waals surface area contributed by atoms with Gasteiger partial charge in [-0.05, 0) is 32.8 Å². The van der Waals surface area contributed by atoms with Crippen LogP contribution < -0.4 is 0 Å². The van der Waals surface area contributed by atoms with Crippen LogP contribution >= 0.6 is 0 Å². The molecule has 0 fully saturated rings. The number of aliphatic hydroxyl groups excluding tert-OH is 1. The fourth-order valence-corrected chi connectivity index (χ4v) is 1.65. The molecule has 0 amide bonds. The number of ether oxygens (including phenoxy) is 1. The molecule has 1 heterocycles. The summed E-state index contributed by atoms with van der Waals surface area (Å²) in [5.74, 6) is 0. The van der Waals surface area contributed by atoms with Crippen molar-refractivity contribution in [1.29, 1.82) is 0 Å². The lowest BCUT2D eigenvalue weighted by atomic mass is 9.97. The molecule has 0 aromatic heterocycles. The summed E-state index contributed by atoms with van der Waals surface area (Å²) in [6, 6.07) is 0. The highest BCUT2D eigenvalue weighted by Gasteiger charge is 2.20. The summed E-state index contributed by atoms with van der Waals surface area (Å²) in [7, 11) is 0. The first-order valence-electron chi connectivity index (χ1n) is 4.10. The summed E-state index contributed by atoms with van der Waals surface area (Å²) < 4.78 is 5.54. The van der Waals surface area contributed by atoms with E-state index in [1.807, 2.05) is 6.92 Å². The lowest BCUT2D eigenvalue weighted by molar-refractivity contribution is 0.0106. The third-order valence-electron chi connectivity index (χ3n) is 2.24. The molecule has 1 aliphatic rings. The highest BCUT2D eigenvalue weighted by Crippen LogP contribution is 2.24. The zero-order valence-electron chi connectivity index (χ0n) is 7.42. The molecule has 0 aliphatic carbocycles. The summed E-state index contributed by atoms with van der Waals surface area (Å²) in [5, 5.41) is 8.98. The molecule has 2 nitrogen and oxygen atoms in total. The Morgan fingerprint density at radius 3 is 2.64 bits per heavy atom. The average Bonchev–Trinajstić information content (AvgIpc) is 1.85. The Kier molecular flexibility index (Phi) is 2.68. The van der Waals surface area contributed by atoms with Gasteiger partial charge in [-0.3, -0.25) is 0 Å². The van der Waals surface area contributed by atoms with E-state index in [9.17, 15) is 0 Å². The molecule has 1 unspecified atom stereocenters. The van der Waals surface area contributed by atoms with Crippen molar-refractivity contribution in [3.63, 3.8) is 0 Å². The Labute approximate surface area is 67.9 Å². The largest absolute Gasteiger partial charge is 0.392 e. The van der Waals surface area contributed by atoms with Gasteiger partial charge >= 0.3 is 0 Å². The summed E-state index contributed by atoms with van der Waals surface area (Å²) >= 11 is 0. The lowest BCUT2D eigenvalue weighted by Crippen LogP contribution is -2.27. The van der Waals surface area contributed by atoms with Crippen molar-refractivity contribution in [2.45, 2.75) is 39.4 Å². The first kappa shape index (κ1) is 8.75. The summed E-state index contributed by atoms with van der Waals surface area (Å²) in [4.78, 5) is 0. The van der Waals surface area contributed by atoms with E-state index in [0.29, 0.717) is 6.10 Å². The maximum absolute atomic E-state index is 8.98. The van der Waals surface area contributed by atoms with E-state index < -0.39 is 0 Å². The smallest absolute Gasteiger partial charge is 0.0785 e. The molecular weight excluding hydrogens is 140 g/mol. The fourth-order valence-electron chi connectivity index (χ4n) is 1.65. The zero-order valence-corrected chi connectivity index (χ0v) is 7.42. The van der Waals surface area contributed by atoms with Gasteiger partial charge in [-0.1, -0.05) is 5.57 Å². The Hall–Kier alpha value is -0.340. The molecule has 2 heteroatoms. The summed E-state index contributed by atoms with van der Waals surface area (Å²) in [6.45, 7) is 6.26. The molecule has 0 aromatic rings. The van der Waals surface area contributed by atoms with Crippen molar-refractivity contribution in [3.8, 4) is 0 Å². The number of hydrogen-bond donors (Lipinski definition) is 1. The van der Waals surface area contributed by atoms with Crippen LogP contribution in [0.4, 0.5) is 0 Å². The topological polar surface area (TPSA) is 29.5 Å². The predicted molar refractivity (Wildman–Crippen MR) is 44.4 cm³/mol. The van der Waals surface area contributed by atoms with Gasteiger partial charge in [0.25, 0.3) is 0 Å². The molecule has 2 atom stereocenters. The van der Waals surface area contributed by atoms with E-state index in [1.165, 1.54) is 5.57 Å². The van der Waals surface area contributed by atoms with Gasteiger partial charge in [-0.15, -0.1) is 0 Å². The molecule has 11 heavy (non-hydrogen) atoms. The van der Waals surface area contributed by atoms with Crippen LogP contribution in [-0.2, 0) is 4.74 Å². The minimum atomic E-state index is 0.101. The van der Waals surface area contributed by atoms with Crippen molar-refractivity contribution >= 4 is 0 Å². The van der Waals surface area contributed by atoms with Crippen molar-refractivity contribution in [1.82, 2.24) is 0 Å². The van der Waals surface area contributed by atoms with E-state index >= 15 is 0 Å². The Bertz CT molecular complexity index is 172. The second-order valence-electron chi connectivity index (χ2n) is 3.26. The Balaban J connectivity index is 2.77. The molecule has 1 rings (SSSR count). The van der Waals surface area contributed by atoms with E-state index in [-0.39, 0.29) is 12.7 Å². The van der Waals surface area contributed by atoms with Gasteiger partial charge < -0.3 is 9.84 Å². The average molecular weight is 156 g/mol. The van der Waals surface area contributed by atoms with Crippen molar-refractivity contribution in [2.75, 3.05) is 6.61 Å². The molecule has 64 valence electrons. The molecule has 0 saturated heterocycles. The second-order valence-corrected chi connectivity index (χ2v) is 3.26. The van der Waals surface area contributed by atoms with Crippen LogP contribution in [0.1, 0.15) is 27.2 Å². The van der Waals surface area contributed by atoms with Crippen LogP contribution in [0.15, 0.2) is 11.1 Å². The van der Waals surface area contributed by atoms with Crippen molar-refractivity contribution in [3.05, 3.63) is 11.1 Å². The van der Waals surface area contributed by atoms with Gasteiger partial charge in [-0.25, -0.2) is 0 Å².